The Morgan fingerprint density at radius 2 is 1.67 bits per heavy atom. The average Bonchev–Trinajstić information content (AvgIpc) is 3.96. The van der Waals surface area contributed by atoms with Gasteiger partial charge in [0.1, 0.15) is 36.2 Å². The summed E-state index contributed by atoms with van der Waals surface area (Å²) in [6.45, 7) is 21.9. The van der Waals surface area contributed by atoms with Gasteiger partial charge in [-0.15, -0.1) is 16.3 Å². The number of aromatic nitrogens is 2. The normalized spacial score (nSPS) is 17.4. The van der Waals surface area contributed by atoms with Crippen LogP contribution in [0.1, 0.15) is 77.1 Å². The molecule has 6 rings (SSSR count). The molecule has 0 saturated carbocycles. The van der Waals surface area contributed by atoms with E-state index in [0.717, 1.165) is 40.2 Å². The Hall–Kier alpha value is -5.84. The van der Waals surface area contributed by atoms with E-state index in [1.54, 1.807) is 24.3 Å². The van der Waals surface area contributed by atoms with Crippen molar-refractivity contribution in [1.82, 2.24) is 25.5 Å². The number of benzene rings is 2. The van der Waals surface area contributed by atoms with Gasteiger partial charge >= 0.3 is 0 Å². The summed E-state index contributed by atoms with van der Waals surface area (Å²) in [7, 11) is 0. The van der Waals surface area contributed by atoms with Crippen molar-refractivity contribution in [2.75, 3.05) is 49.4 Å². The van der Waals surface area contributed by atoms with Crippen molar-refractivity contribution in [2.45, 2.75) is 104 Å². The van der Waals surface area contributed by atoms with E-state index in [9.17, 15) is 24.3 Å². The number of aryl methyl sites for hydroxylation is 2. The van der Waals surface area contributed by atoms with Crippen LogP contribution in [-0.2, 0) is 35.2 Å². The lowest BCUT2D eigenvalue weighted by molar-refractivity contribution is -0.144. The van der Waals surface area contributed by atoms with Gasteiger partial charge in [-0.05, 0) is 112 Å². The molecule has 2 aliphatic heterocycles. The first-order valence-electron chi connectivity index (χ1n) is 22.4. The maximum atomic E-state index is 13.9. The fraction of sp³-hybridized carbons (Fsp3) is 0.469. The minimum atomic E-state index is -0.955. The summed E-state index contributed by atoms with van der Waals surface area (Å²) < 4.78 is 17.3. The third kappa shape index (κ3) is 12.4. The predicted octanol–water partition coefficient (Wildman–Crippen LogP) is 6.68. The molecule has 2 saturated heterocycles. The van der Waals surface area contributed by atoms with Gasteiger partial charge in [-0.3, -0.25) is 24.1 Å². The SMILES string of the molecule is [C-]#[N+]c1ncc(N2C(=O)C(C)(C)N(c3ccc(OCCCCOCCCOCC(=O)N[C@H](C(=O)N4C[C@H](O)C[C@H]4C(=O)NCc4ccc(-c5scnc5C)cc4)C(C)(C)C)cc3)C2=S)cc1C. The number of thiazole rings is 1. The molecule has 0 unspecified atom stereocenters. The van der Waals surface area contributed by atoms with Crippen LogP contribution in [0.25, 0.3) is 15.3 Å². The second kappa shape index (κ2) is 22.3. The second-order valence-corrected chi connectivity index (χ2v) is 19.5. The van der Waals surface area contributed by atoms with E-state index < -0.39 is 41.0 Å². The first-order chi connectivity index (χ1) is 31.9. The number of nitrogens with zero attached hydrogens (tertiary/aromatic N) is 6. The van der Waals surface area contributed by atoms with Gasteiger partial charge in [-0.2, -0.15) is 0 Å². The van der Waals surface area contributed by atoms with Crippen LogP contribution in [0.4, 0.5) is 17.2 Å². The number of hydrogen-bond acceptors (Lipinski definition) is 12. The van der Waals surface area contributed by atoms with Crippen LogP contribution in [0.15, 0.2) is 66.3 Å². The lowest BCUT2D eigenvalue weighted by atomic mass is 9.85. The number of anilines is 2. The fourth-order valence-corrected chi connectivity index (χ4v) is 9.28. The number of carbonyl (C=O) groups is 4. The highest BCUT2D eigenvalue weighted by atomic mass is 32.1. The summed E-state index contributed by atoms with van der Waals surface area (Å²) in [4.78, 5) is 71.6. The summed E-state index contributed by atoms with van der Waals surface area (Å²) in [5.74, 6) is -0.491. The lowest BCUT2D eigenvalue weighted by Crippen LogP contribution is -2.58. The van der Waals surface area contributed by atoms with Crippen LogP contribution in [0, 0.1) is 25.8 Å². The molecular weight excluding hydrogens is 893 g/mol. The van der Waals surface area contributed by atoms with Gasteiger partial charge in [0, 0.05) is 45.0 Å². The molecule has 3 atom stereocenters. The highest BCUT2D eigenvalue weighted by molar-refractivity contribution is 7.81. The first-order valence-corrected chi connectivity index (χ1v) is 23.7. The Balaban J connectivity index is 0.856. The Morgan fingerprint density at radius 1 is 0.985 bits per heavy atom. The molecule has 4 amide bonds. The van der Waals surface area contributed by atoms with E-state index in [4.69, 9.17) is 33.0 Å². The van der Waals surface area contributed by atoms with Gasteiger partial charge in [-0.1, -0.05) is 51.6 Å². The lowest BCUT2D eigenvalue weighted by Gasteiger charge is -2.35. The molecule has 2 aliphatic rings. The quantitative estimate of drug-likeness (QED) is 0.0487. The number of unbranched alkanes of at least 4 members (excludes halogenated alkanes) is 1. The van der Waals surface area contributed by atoms with Crippen LogP contribution in [0.2, 0.25) is 0 Å². The second-order valence-electron chi connectivity index (χ2n) is 18.3. The van der Waals surface area contributed by atoms with Crippen molar-refractivity contribution in [2.24, 2.45) is 5.41 Å². The molecule has 2 aromatic heterocycles. The van der Waals surface area contributed by atoms with Crippen LogP contribution < -0.4 is 25.2 Å². The number of thiocarbonyl (C=S) groups is 1. The molecule has 16 nitrogen and oxygen atoms in total. The summed E-state index contributed by atoms with van der Waals surface area (Å²) >= 11 is 7.35. The molecule has 3 N–H and O–H groups in total. The number of likely N-dealkylation sites (tertiary alicyclic amines) is 1. The number of aliphatic hydroxyl groups is 1. The third-order valence-corrected chi connectivity index (χ3v) is 13.0. The largest absolute Gasteiger partial charge is 0.494 e. The molecule has 0 spiro atoms. The van der Waals surface area contributed by atoms with Crippen molar-refractivity contribution in [3.05, 3.63) is 94.5 Å². The minimum absolute atomic E-state index is 0.0134. The molecule has 4 heterocycles. The number of carbonyl (C=O) groups excluding carboxylic acids is 4. The zero-order valence-electron chi connectivity index (χ0n) is 39.2. The van der Waals surface area contributed by atoms with Crippen molar-refractivity contribution >= 4 is 69.5 Å². The number of β-amino-alcohol motifs (C(OH)–C–C–N with tert-alkyl or cyclic N) is 1. The van der Waals surface area contributed by atoms with Crippen LogP contribution in [0.3, 0.4) is 0 Å². The van der Waals surface area contributed by atoms with Gasteiger partial charge in [0.15, 0.2) is 5.11 Å². The topological polar surface area (TPSA) is 180 Å². The first kappa shape index (κ1) is 50.6. The molecule has 2 fully saturated rings. The molecule has 2 aromatic carbocycles. The number of amides is 4. The molecule has 67 heavy (non-hydrogen) atoms. The Kier molecular flexibility index (Phi) is 16.8. The van der Waals surface area contributed by atoms with Gasteiger partial charge in [0.25, 0.3) is 11.7 Å². The number of hydrogen-bond donors (Lipinski definition) is 3. The summed E-state index contributed by atoms with van der Waals surface area (Å²) in [6.07, 6.45) is 2.85. The number of rotatable bonds is 20. The van der Waals surface area contributed by atoms with E-state index in [1.165, 1.54) is 16.0 Å². The van der Waals surface area contributed by atoms with Crippen LogP contribution in [-0.4, -0.2) is 112 Å². The van der Waals surface area contributed by atoms with Crippen molar-refractivity contribution in [3.8, 4) is 16.2 Å². The molecule has 0 bridgehead atoms. The fourth-order valence-electron chi connectivity index (χ4n) is 7.95. The summed E-state index contributed by atoms with van der Waals surface area (Å²) in [6, 6.07) is 15.2. The standard InChI is InChI=1S/C49H60N8O8S2/c1-31-24-36(27-51-43(31)50-8)56-46(62)49(6,7)57(47(56)66)35-16-18-38(19-17-35)65-23-10-9-20-63-21-11-22-64-29-40(59)54-42(48(3,4)5)45(61)55-28-37(58)25-39(55)44(60)52-26-33-12-14-34(15-13-33)41-32(2)53-30-67-41/h12-19,24,27,30,37,39,42,58H,9-11,20-23,25-26,28-29H2,1-7H3,(H,52,60)(H,54,59)/t37-,39+,42-/m1/s1. The van der Waals surface area contributed by atoms with Crippen LogP contribution in [0.5, 0.6) is 5.75 Å². The molecule has 18 heteroatoms. The molecule has 4 aromatic rings. The van der Waals surface area contributed by atoms with E-state index in [0.29, 0.717) is 48.4 Å². The highest BCUT2D eigenvalue weighted by Gasteiger charge is 2.51. The highest BCUT2D eigenvalue weighted by Crippen LogP contribution is 2.38. The zero-order valence-corrected chi connectivity index (χ0v) is 40.8. The van der Waals surface area contributed by atoms with Gasteiger partial charge in [-0.25, -0.2) is 4.98 Å². The molecule has 356 valence electrons. The number of pyridine rings is 1. The smallest absolute Gasteiger partial charge is 0.272 e. The van der Waals surface area contributed by atoms with E-state index in [1.807, 2.05) is 100 Å². The van der Waals surface area contributed by atoms with Gasteiger partial charge in [0.2, 0.25) is 17.7 Å². The molecule has 0 radical (unpaired) electrons. The van der Waals surface area contributed by atoms with E-state index >= 15 is 0 Å². The third-order valence-electron chi connectivity index (χ3n) is 11.6. The van der Waals surface area contributed by atoms with Gasteiger partial charge in [0.05, 0.1) is 34.5 Å². The number of nitrogens with one attached hydrogen (secondary N) is 2. The maximum absolute atomic E-state index is 13.9. The van der Waals surface area contributed by atoms with Crippen molar-refractivity contribution in [3.63, 3.8) is 0 Å². The minimum Gasteiger partial charge on any atom is -0.494 e. The van der Waals surface area contributed by atoms with Crippen LogP contribution >= 0.6 is 23.6 Å². The van der Waals surface area contributed by atoms with E-state index in [2.05, 4.69) is 25.4 Å². The predicted molar refractivity (Wildman–Crippen MR) is 261 cm³/mol. The molecule has 0 aliphatic carbocycles. The maximum Gasteiger partial charge on any atom is 0.272 e. The van der Waals surface area contributed by atoms with E-state index in [-0.39, 0.29) is 50.4 Å². The van der Waals surface area contributed by atoms with Crippen molar-refractivity contribution < 1.29 is 38.5 Å². The Bertz CT molecular complexity index is 2450. The number of aliphatic hydroxyl groups excluding tert-OH is 1. The average molecular weight is 953 g/mol. The Labute approximate surface area is 401 Å². The molecular formula is C49H60N8O8S2. The Morgan fingerprint density at radius 3 is 2.33 bits per heavy atom. The summed E-state index contributed by atoms with van der Waals surface area (Å²) in [5, 5.41) is 16.6. The summed E-state index contributed by atoms with van der Waals surface area (Å²) in [5.41, 5.74) is 5.00. The zero-order chi connectivity index (χ0) is 48.5. The van der Waals surface area contributed by atoms with Crippen molar-refractivity contribution in [1.29, 1.82) is 0 Å². The van der Waals surface area contributed by atoms with Gasteiger partial charge < -0.3 is 44.6 Å². The monoisotopic (exact) mass is 952 g/mol. The number of ether oxygens (including phenoxy) is 3.